The first-order valence-electron chi connectivity index (χ1n) is 14.1. The van der Waals surface area contributed by atoms with E-state index in [0.29, 0.717) is 37.6 Å². The normalized spacial score (nSPS) is 18.6. The SMILES string of the molecule is CCOC(=O)c1ccc(N2C(=O)C3Sc4c(sc(=O)n4CC(=O)Nc4ccc(Cl)c(Cl)c4)C(c4ccccc4OC)C3C2=O)cc1. The van der Waals surface area contributed by atoms with Gasteiger partial charge < -0.3 is 14.8 Å². The number of anilines is 2. The van der Waals surface area contributed by atoms with Gasteiger partial charge in [0.25, 0.3) is 0 Å². The number of rotatable bonds is 8. The zero-order chi connectivity index (χ0) is 32.7. The van der Waals surface area contributed by atoms with E-state index in [1.807, 2.05) is 0 Å². The summed E-state index contributed by atoms with van der Waals surface area (Å²) in [5.41, 5.74) is 1.63. The van der Waals surface area contributed by atoms with Gasteiger partial charge in [-0.1, -0.05) is 64.5 Å². The van der Waals surface area contributed by atoms with Crippen molar-refractivity contribution < 1.29 is 28.7 Å². The molecule has 1 saturated heterocycles. The van der Waals surface area contributed by atoms with E-state index in [1.54, 1.807) is 43.3 Å². The highest BCUT2D eigenvalue weighted by atomic mass is 35.5. The van der Waals surface area contributed by atoms with E-state index < -0.39 is 45.6 Å². The lowest BCUT2D eigenvalue weighted by atomic mass is 9.82. The Hall–Kier alpha value is -4.10. The number of thiazole rings is 1. The molecule has 0 bridgehead atoms. The van der Waals surface area contributed by atoms with Crippen LogP contribution in [0.1, 0.15) is 33.6 Å². The minimum atomic E-state index is -0.905. The van der Waals surface area contributed by atoms with Crippen LogP contribution in [0.3, 0.4) is 0 Å². The predicted octanol–water partition coefficient (Wildman–Crippen LogP) is 5.84. The van der Waals surface area contributed by atoms with E-state index in [2.05, 4.69) is 5.32 Å². The van der Waals surface area contributed by atoms with Crippen molar-refractivity contribution in [1.82, 2.24) is 4.57 Å². The fourth-order valence-electron chi connectivity index (χ4n) is 5.65. The zero-order valence-electron chi connectivity index (χ0n) is 24.3. The van der Waals surface area contributed by atoms with Crippen LogP contribution in [-0.4, -0.2) is 47.2 Å². The highest BCUT2D eigenvalue weighted by molar-refractivity contribution is 8.00. The smallest absolute Gasteiger partial charge is 0.338 e. The summed E-state index contributed by atoms with van der Waals surface area (Å²) in [6, 6.07) is 17.8. The molecule has 1 N–H and O–H groups in total. The van der Waals surface area contributed by atoms with Gasteiger partial charge in [-0.15, -0.1) is 0 Å². The summed E-state index contributed by atoms with van der Waals surface area (Å²) < 4.78 is 12.0. The van der Waals surface area contributed by atoms with E-state index >= 15 is 0 Å². The molecule has 2 aliphatic heterocycles. The maximum Gasteiger partial charge on any atom is 0.338 e. The van der Waals surface area contributed by atoms with Gasteiger partial charge in [0.2, 0.25) is 17.7 Å². The number of esters is 1. The summed E-state index contributed by atoms with van der Waals surface area (Å²) in [5, 5.41) is 2.84. The molecule has 1 fully saturated rings. The van der Waals surface area contributed by atoms with Crippen molar-refractivity contribution in [3.63, 3.8) is 0 Å². The molecular formula is C32H25Cl2N3O7S2. The number of thioether (sulfide) groups is 1. The molecule has 14 heteroatoms. The van der Waals surface area contributed by atoms with Gasteiger partial charge in [0, 0.05) is 22.0 Å². The molecule has 236 valence electrons. The number of hydrogen-bond donors (Lipinski definition) is 1. The minimum absolute atomic E-state index is 0.209. The minimum Gasteiger partial charge on any atom is -0.496 e. The molecule has 0 aliphatic carbocycles. The number of nitrogens with one attached hydrogen (secondary N) is 1. The van der Waals surface area contributed by atoms with Crippen LogP contribution in [0.2, 0.25) is 10.0 Å². The van der Waals surface area contributed by atoms with Gasteiger partial charge in [0.15, 0.2) is 0 Å². The van der Waals surface area contributed by atoms with Crippen LogP contribution in [0, 0.1) is 5.92 Å². The highest BCUT2D eigenvalue weighted by Gasteiger charge is 2.57. The second-order valence-corrected chi connectivity index (χ2v) is 13.3. The van der Waals surface area contributed by atoms with Crippen molar-refractivity contribution in [1.29, 1.82) is 0 Å². The number of aromatic nitrogens is 1. The largest absolute Gasteiger partial charge is 0.496 e. The molecule has 6 rings (SSSR count). The number of benzene rings is 3. The van der Waals surface area contributed by atoms with Crippen LogP contribution in [0.15, 0.2) is 76.6 Å². The van der Waals surface area contributed by atoms with Crippen LogP contribution in [-0.2, 0) is 25.7 Å². The maximum atomic E-state index is 14.2. The van der Waals surface area contributed by atoms with E-state index in [-0.39, 0.29) is 23.7 Å². The molecule has 3 heterocycles. The number of methoxy groups -OCH3 is 1. The number of imide groups is 1. The summed E-state index contributed by atoms with van der Waals surface area (Å²) in [7, 11) is 1.51. The Morgan fingerprint density at radius 3 is 2.39 bits per heavy atom. The van der Waals surface area contributed by atoms with E-state index in [0.717, 1.165) is 28.0 Å². The fourth-order valence-corrected chi connectivity index (χ4v) is 8.71. The number of carbonyl (C=O) groups is 4. The molecule has 0 saturated carbocycles. The highest BCUT2D eigenvalue weighted by Crippen LogP contribution is 2.55. The van der Waals surface area contributed by atoms with Crippen LogP contribution in [0.25, 0.3) is 0 Å². The molecule has 3 amide bonds. The summed E-state index contributed by atoms with van der Waals surface area (Å²) in [6.07, 6.45) is 0. The second kappa shape index (κ2) is 13.0. The van der Waals surface area contributed by atoms with E-state index in [9.17, 15) is 24.0 Å². The van der Waals surface area contributed by atoms with Crippen LogP contribution in [0.4, 0.5) is 11.4 Å². The van der Waals surface area contributed by atoms with Crippen molar-refractivity contribution in [3.05, 3.63) is 102 Å². The van der Waals surface area contributed by atoms with Gasteiger partial charge >= 0.3 is 10.8 Å². The van der Waals surface area contributed by atoms with Gasteiger partial charge in [0.05, 0.1) is 46.0 Å². The predicted molar refractivity (Wildman–Crippen MR) is 177 cm³/mol. The topological polar surface area (TPSA) is 124 Å². The Kier molecular flexibility index (Phi) is 8.97. The second-order valence-electron chi connectivity index (χ2n) is 10.4. The van der Waals surface area contributed by atoms with Crippen molar-refractivity contribution in [2.75, 3.05) is 23.9 Å². The molecule has 10 nitrogen and oxygen atoms in total. The number of nitrogens with zero attached hydrogens (tertiary/aromatic N) is 2. The first-order chi connectivity index (χ1) is 22.1. The Morgan fingerprint density at radius 2 is 1.70 bits per heavy atom. The summed E-state index contributed by atoms with van der Waals surface area (Å²) in [6.45, 7) is 1.57. The maximum absolute atomic E-state index is 14.2. The molecule has 0 spiro atoms. The number of fused-ring (bicyclic) bond motifs is 2. The Balaban J connectivity index is 1.39. The number of hydrogen-bond acceptors (Lipinski definition) is 9. The van der Waals surface area contributed by atoms with Gasteiger partial charge in [-0.3, -0.25) is 23.7 Å². The van der Waals surface area contributed by atoms with Crippen LogP contribution >= 0.6 is 46.3 Å². The fraction of sp³-hybridized carbons (Fsp3) is 0.219. The molecule has 3 unspecified atom stereocenters. The molecule has 4 aromatic rings. The van der Waals surface area contributed by atoms with Crippen molar-refractivity contribution in [3.8, 4) is 5.75 Å². The number of ether oxygens (including phenoxy) is 2. The molecule has 46 heavy (non-hydrogen) atoms. The van der Waals surface area contributed by atoms with Gasteiger partial charge in [-0.2, -0.15) is 0 Å². The number of para-hydroxylation sites is 1. The van der Waals surface area contributed by atoms with Gasteiger partial charge in [-0.25, -0.2) is 9.69 Å². The third kappa shape index (κ3) is 5.70. The van der Waals surface area contributed by atoms with E-state index in [1.165, 1.54) is 42.0 Å². The molecule has 3 atom stereocenters. The third-order valence-corrected chi connectivity index (χ3v) is 11.0. The molecule has 2 aliphatic rings. The average molecular weight is 699 g/mol. The molecular weight excluding hydrogens is 673 g/mol. The van der Waals surface area contributed by atoms with Crippen molar-refractivity contribution in [2.45, 2.75) is 29.7 Å². The Morgan fingerprint density at radius 1 is 0.957 bits per heavy atom. The number of amides is 3. The lowest BCUT2D eigenvalue weighted by Crippen LogP contribution is -2.33. The molecule has 1 aromatic heterocycles. The standard InChI is InChI=1S/C32H25Cl2N3O7S2/c1-3-44-31(41)16-8-11-18(12-9-16)37-28(39)25-24(19-6-4-5-7-22(19)43-2)27-30(45-26(25)29(37)40)36(32(42)46-27)15-23(38)35-17-10-13-20(33)21(34)14-17/h4-14,24-26H,3,15H2,1-2H3,(H,35,38). The lowest BCUT2D eigenvalue weighted by molar-refractivity contribution is -0.122. The number of carbonyl (C=O) groups excluding carboxylic acids is 4. The van der Waals surface area contributed by atoms with Gasteiger partial charge in [-0.05, 0) is 55.5 Å². The summed E-state index contributed by atoms with van der Waals surface area (Å²) in [5.74, 6) is -3.02. The monoisotopic (exact) mass is 697 g/mol. The number of halogens is 2. The lowest BCUT2D eigenvalue weighted by Gasteiger charge is -2.31. The Labute approximate surface area is 281 Å². The summed E-state index contributed by atoms with van der Waals surface area (Å²) in [4.78, 5) is 68.2. The zero-order valence-corrected chi connectivity index (χ0v) is 27.5. The average Bonchev–Trinajstić information content (AvgIpc) is 3.49. The molecule has 3 aromatic carbocycles. The summed E-state index contributed by atoms with van der Waals surface area (Å²) >= 11 is 14.1. The van der Waals surface area contributed by atoms with Crippen molar-refractivity contribution >= 4 is 81.4 Å². The van der Waals surface area contributed by atoms with Crippen LogP contribution in [0.5, 0.6) is 5.75 Å². The van der Waals surface area contributed by atoms with Gasteiger partial charge in [0.1, 0.15) is 17.5 Å². The molecule has 0 radical (unpaired) electrons. The third-order valence-electron chi connectivity index (χ3n) is 7.66. The Bertz CT molecular complexity index is 1940. The quantitative estimate of drug-likeness (QED) is 0.180. The van der Waals surface area contributed by atoms with Crippen molar-refractivity contribution in [2.24, 2.45) is 5.92 Å². The first kappa shape index (κ1) is 31.9. The van der Waals surface area contributed by atoms with Crippen LogP contribution < -0.4 is 19.8 Å². The first-order valence-corrected chi connectivity index (χ1v) is 16.5. The van der Waals surface area contributed by atoms with E-state index in [4.69, 9.17) is 32.7 Å².